The van der Waals surface area contributed by atoms with E-state index in [4.69, 9.17) is 4.74 Å². The highest BCUT2D eigenvalue weighted by Crippen LogP contribution is 2.43. The van der Waals surface area contributed by atoms with Crippen molar-refractivity contribution >= 4 is 11.8 Å². The fourth-order valence-corrected chi connectivity index (χ4v) is 3.66. The average molecular weight is 255 g/mol. The van der Waals surface area contributed by atoms with Crippen LogP contribution < -0.4 is 0 Å². The lowest BCUT2D eigenvalue weighted by atomic mass is 9.65. The second kappa shape index (κ2) is 4.63. The quantitative estimate of drug-likeness (QED) is 0.804. The van der Waals surface area contributed by atoms with Gasteiger partial charge in [-0.2, -0.15) is 0 Å². The van der Waals surface area contributed by atoms with Crippen molar-refractivity contribution in [1.82, 2.24) is 4.90 Å². The van der Waals surface area contributed by atoms with E-state index in [9.17, 15) is 14.7 Å². The second-order valence-corrected chi connectivity index (χ2v) is 5.39. The standard InChI is InChI=1S/C13H21NO4/c1-8(12(16)17)13(9(2)18-3)11(15)10-4-6-14(13)7-5-10/h8-10H,4-7H2,1-3H3,(H,16,17). The van der Waals surface area contributed by atoms with Crippen LogP contribution >= 0.6 is 0 Å². The number of Topliss-reactive ketones (excluding diaryl/α,β-unsaturated/α-hetero) is 1. The zero-order valence-electron chi connectivity index (χ0n) is 11.2. The SMILES string of the molecule is COC(C)C1(C(C)C(=O)O)C(=O)C2CCN1CC2. The Bertz CT molecular complexity index is 362. The van der Waals surface area contributed by atoms with E-state index >= 15 is 0 Å². The van der Waals surface area contributed by atoms with Crippen LogP contribution in [0.15, 0.2) is 0 Å². The molecule has 3 atom stereocenters. The Kier molecular flexibility index (Phi) is 3.47. The van der Waals surface area contributed by atoms with Crippen molar-refractivity contribution in [2.24, 2.45) is 11.8 Å². The number of rotatable bonds is 4. The molecule has 3 fully saturated rings. The third-order valence-electron chi connectivity index (χ3n) is 4.79. The highest BCUT2D eigenvalue weighted by atomic mass is 16.5. The molecule has 5 nitrogen and oxygen atoms in total. The number of hydrogen-bond acceptors (Lipinski definition) is 4. The number of piperidine rings is 3. The summed E-state index contributed by atoms with van der Waals surface area (Å²) >= 11 is 0. The summed E-state index contributed by atoms with van der Waals surface area (Å²) in [5.41, 5.74) is -0.984. The molecule has 3 unspecified atom stereocenters. The first kappa shape index (κ1) is 13.5. The molecule has 102 valence electrons. The summed E-state index contributed by atoms with van der Waals surface area (Å²) in [7, 11) is 1.54. The minimum Gasteiger partial charge on any atom is -0.481 e. The third kappa shape index (κ3) is 1.61. The van der Waals surface area contributed by atoms with Gasteiger partial charge in [0.25, 0.3) is 0 Å². The third-order valence-corrected chi connectivity index (χ3v) is 4.79. The molecule has 0 aromatic rings. The molecule has 3 rings (SSSR count). The molecule has 3 heterocycles. The van der Waals surface area contributed by atoms with E-state index in [1.165, 1.54) is 7.11 Å². The van der Waals surface area contributed by atoms with Crippen LogP contribution in [0.25, 0.3) is 0 Å². The van der Waals surface area contributed by atoms with E-state index < -0.39 is 23.5 Å². The Hall–Kier alpha value is -0.940. The zero-order chi connectivity index (χ0) is 13.5. The highest BCUT2D eigenvalue weighted by Gasteiger charge is 2.60. The molecular formula is C13H21NO4. The van der Waals surface area contributed by atoms with Crippen molar-refractivity contribution in [3.8, 4) is 0 Å². The molecule has 1 N–H and O–H groups in total. The fourth-order valence-electron chi connectivity index (χ4n) is 3.66. The molecule has 0 amide bonds. The maximum absolute atomic E-state index is 12.7. The van der Waals surface area contributed by atoms with Gasteiger partial charge >= 0.3 is 5.97 Å². The smallest absolute Gasteiger partial charge is 0.308 e. The van der Waals surface area contributed by atoms with Crippen molar-refractivity contribution in [3.05, 3.63) is 0 Å². The van der Waals surface area contributed by atoms with Crippen LogP contribution in [-0.4, -0.2) is 53.6 Å². The van der Waals surface area contributed by atoms with Gasteiger partial charge in [0.15, 0.2) is 5.78 Å². The van der Waals surface area contributed by atoms with Gasteiger partial charge in [0.1, 0.15) is 5.54 Å². The highest BCUT2D eigenvalue weighted by molar-refractivity contribution is 5.96. The predicted molar refractivity (Wildman–Crippen MR) is 65.3 cm³/mol. The summed E-state index contributed by atoms with van der Waals surface area (Å²) in [6, 6.07) is 0. The van der Waals surface area contributed by atoms with Gasteiger partial charge in [0.05, 0.1) is 12.0 Å². The number of ether oxygens (including phenoxy) is 1. The summed E-state index contributed by atoms with van der Waals surface area (Å²) in [5, 5.41) is 9.36. The molecule has 5 heteroatoms. The monoisotopic (exact) mass is 255 g/mol. The first-order valence-corrected chi connectivity index (χ1v) is 6.51. The molecule has 0 aromatic carbocycles. The van der Waals surface area contributed by atoms with Gasteiger partial charge in [-0.1, -0.05) is 0 Å². The maximum Gasteiger partial charge on any atom is 0.308 e. The number of methoxy groups -OCH3 is 1. The molecule has 0 radical (unpaired) electrons. The number of carbonyl (C=O) groups excluding carboxylic acids is 1. The number of carboxylic acids is 1. The first-order chi connectivity index (χ1) is 8.46. The van der Waals surface area contributed by atoms with Gasteiger partial charge in [-0.15, -0.1) is 0 Å². The van der Waals surface area contributed by atoms with Gasteiger partial charge < -0.3 is 9.84 Å². The molecule has 3 aliphatic rings. The Morgan fingerprint density at radius 3 is 2.39 bits per heavy atom. The minimum absolute atomic E-state index is 0.00870. The number of carboxylic acid groups (broad SMARTS) is 1. The predicted octanol–water partition coefficient (Wildman–Crippen LogP) is 0.776. The van der Waals surface area contributed by atoms with Crippen molar-refractivity contribution in [3.63, 3.8) is 0 Å². The van der Waals surface area contributed by atoms with Crippen LogP contribution in [0.2, 0.25) is 0 Å². The number of aliphatic carboxylic acids is 1. The fraction of sp³-hybridized carbons (Fsp3) is 0.846. The van der Waals surface area contributed by atoms with Crippen molar-refractivity contribution in [2.45, 2.75) is 38.3 Å². The van der Waals surface area contributed by atoms with Crippen molar-refractivity contribution < 1.29 is 19.4 Å². The molecule has 0 aromatic heterocycles. The lowest BCUT2D eigenvalue weighted by Crippen LogP contribution is -2.73. The van der Waals surface area contributed by atoms with E-state index in [-0.39, 0.29) is 11.7 Å². The lowest BCUT2D eigenvalue weighted by Gasteiger charge is -2.56. The van der Waals surface area contributed by atoms with Crippen LogP contribution in [0.5, 0.6) is 0 Å². The van der Waals surface area contributed by atoms with Crippen molar-refractivity contribution in [2.75, 3.05) is 20.2 Å². The topological polar surface area (TPSA) is 66.8 Å². The van der Waals surface area contributed by atoms with E-state index in [0.29, 0.717) is 0 Å². The molecule has 0 spiro atoms. The van der Waals surface area contributed by atoms with E-state index in [0.717, 1.165) is 25.9 Å². The average Bonchev–Trinajstić information content (AvgIpc) is 2.39. The van der Waals surface area contributed by atoms with Crippen LogP contribution in [0, 0.1) is 11.8 Å². The van der Waals surface area contributed by atoms with Gasteiger partial charge in [-0.3, -0.25) is 14.5 Å². The summed E-state index contributed by atoms with van der Waals surface area (Å²) in [6.07, 6.45) is 1.30. The molecule has 2 bridgehead atoms. The minimum atomic E-state index is -0.984. The molecule has 0 aliphatic carbocycles. The molecule has 18 heavy (non-hydrogen) atoms. The second-order valence-electron chi connectivity index (χ2n) is 5.39. The van der Waals surface area contributed by atoms with Gasteiger partial charge in [0, 0.05) is 13.0 Å². The van der Waals surface area contributed by atoms with E-state index in [1.807, 2.05) is 4.90 Å². The normalized spacial score (nSPS) is 38.5. The molecular weight excluding hydrogens is 234 g/mol. The molecule has 3 saturated heterocycles. The van der Waals surface area contributed by atoms with Crippen LogP contribution in [-0.2, 0) is 14.3 Å². The Morgan fingerprint density at radius 1 is 1.44 bits per heavy atom. The number of carbonyl (C=O) groups is 2. The maximum atomic E-state index is 12.7. The lowest BCUT2D eigenvalue weighted by molar-refractivity contribution is -0.179. The first-order valence-electron chi connectivity index (χ1n) is 6.51. The van der Waals surface area contributed by atoms with Gasteiger partial charge in [0.2, 0.25) is 0 Å². The van der Waals surface area contributed by atoms with E-state index in [2.05, 4.69) is 0 Å². The zero-order valence-corrected chi connectivity index (χ0v) is 11.2. The Labute approximate surface area is 107 Å². The van der Waals surface area contributed by atoms with Crippen LogP contribution in [0.3, 0.4) is 0 Å². The Balaban J connectivity index is 2.47. The van der Waals surface area contributed by atoms with Crippen LogP contribution in [0.1, 0.15) is 26.7 Å². The number of ketones is 1. The summed E-state index contributed by atoms with van der Waals surface area (Å²) in [6.45, 7) is 5.01. The molecule has 0 saturated carbocycles. The summed E-state index contributed by atoms with van der Waals surface area (Å²) in [5.74, 6) is -1.61. The summed E-state index contributed by atoms with van der Waals surface area (Å²) < 4.78 is 5.36. The van der Waals surface area contributed by atoms with E-state index in [1.54, 1.807) is 13.8 Å². The number of fused-ring (bicyclic) bond motifs is 3. The number of hydrogen-bond donors (Lipinski definition) is 1. The Morgan fingerprint density at radius 2 is 2.00 bits per heavy atom. The largest absolute Gasteiger partial charge is 0.481 e. The van der Waals surface area contributed by atoms with Gasteiger partial charge in [-0.05, 0) is 39.8 Å². The van der Waals surface area contributed by atoms with Crippen LogP contribution in [0.4, 0.5) is 0 Å². The molecule has 3 aliphatic heterocycles. The summed E-state index contributed by atoms with van der Waals surface area (Å²) in [4.78, 5) is 26.1. The number of nitrogens with zero attached hydrogens (tertiary/aromatic N) is 1. The van der Waals surface area contributed by atoms with Crippen molar-refractivity contribution in [1.29, 1.82) is 0 Å². The van der Waals surface area contributed by atoms with Gasteiger partial charge in [-0.25, -0.2) is 0 Å².